The van der Waals surface area contributed by atoms with Crippen LogP contribution in [0.2, 0.25) is 0 Å². The molecule has 4 heteroatoms. The second kappa shape index (κ2) is 6.91. The fourth-order valence-electron chi connectivity index (χ4n) is 3.10. The Morgan fingerprint density at radius 2 is 2.00 bits per heavy atom. The lowest BCUT2D eigenvalue weighted by atomic mass is 9.81. The lowest BCUT2D eigenvalue weighted by molar-refractivity contribution is -0.129. The highest BCUT2D eigenvalue weighted by Gasteiger charge is 2.38. The number of amides is 1. The van der Waals surface area contributed by atoms with E-state index >= 15 is 0 Å². The third-order valence-corrected chi connectivity index (χ3v) is 4.41. The number of carbonyl (C=O) groups excluding carboxylic acids is 1. The van der Waals surface area contributed by atoms with E-state index in [1.165, 1.54) is 0 Å². The van der Waals surface area contributed by atoms with Crippen LogP contribution in [0.4, 0.5) is 0 Å². The van der Waals surface area contributed by atoms with Gasteiger partial charge in [0.15, 0.2) is 0 Å². The smallest absolute Gasteiger partial charge is 0.240 e. The molecule has 2 fully saturated rings. The van der Waals surface area contributed by atoms with E-state index in [-0.39, 0.29) is 5.91 Å². The maximum absolute atomic E-state index is 12.4. The molecule has 1 aliphatic heterocycles. The third kappa shape index (κ3) is 3.70. The summed E-state index contributed by atoms with van der Waals surface area (Å²) in [6.07, 6.45) is 7.90. The Morgan fingerprint density at radius 3 is 2.58 bits per heavy atom. The number of carbonyl (C=O) groups is 1. The van der Waals surface area contributed by atoms with Gasteiger partial charge in [0.1, 0.15) is 5.41 Å². The summed E-state index contributed by atoms with van der Waals surface area (Å²) < 4.78 is 5.42. The summed E-state index contributed by atoms with van der Waals surface area (Å²) in [7, 11) is 0. The van der Waals surface area contributed by atoms with Crippen LogP contribution >= 0.6 is 0 Å². The Labute approximate surface area is 115 Å². The molecule has 0 spiro atoms. The highest BCUT2D eigenvalue weighted by atomic mass is 16.5. The molecule has 19 heavy (non-hydrogen) atoms. The maximum Gasteiger partial charge on any atom is 0.240 e. The highest BCUT2D eigenvalue weighted by Crippen LogP contribution is 2.34. The monoisotopic (exact) mass is 264 g/mol. The van der Waals surface area contributed by atoms with Crippen molar-refractivity contribution in [2.45, 2.75) is 51.4 Å². The van der Waals surface area contributed by atoms with E-state index in [1.54, 1.807) is 0 Å². The van der Waals surface area contributed by atoms with E-state index in [9.17, 15) is 10.1 Å². The Kier molecular flexibility index (Phi) is 5.21. The molecule has 106 valence electrons. The normalized spacial score (nSPS) is 27.0. The van der Waals surface area contributed by atoms with Gasteiger partial charge in [0, 0.05) is 13.2 Å². The number of hydrogen-bond donors (Lipinski definition) is 1. The zero-order chi connectivity index (χ0) is 13.6. The largest absolute Gasteiger partial charge is 0.381 e. The molecule has 0 bridgehead atoms. The number of rotatable bonds is 3. The number of hydrogen-bond acceptors (Lipinski definition) is 3. The van der Waals surface area contributed by atoms with E-state index in [2.05, 4.69) is 11.4 Å². The molecule has 1 amide bonds. The molecule has 2 rings (SSSR count). The van der Waals surface area contributed by atoms with Gasteiger partial charge in [-0.05, 0) is 31.6 Å². The molecule has 0 aromatic heterocycles. The van der Waals surface area contributed by atoms with Crippen molar-refractivity contribution in [2.24, 2.45) is 11.3 Å². The molecule has 0 radical (unpaired) electrons. The molecular weight excluding hydrogens is 240 g/mol. The predicted octanol–water partition coefficient (Wildman–Crippen LogP) is 2.39. The first-order valence-corrected chi connectivity index (χ1v) is 7.54. The average molecular weight is 264 g/mol. The van der Waals surface area contributed by atoms with Crippen LogP contribution in [0.15, 0.2) is 0 Å². The number of nitrogens with one attached hydrogen (secondary N) is 1. The van der Waals surface area contributed by atoms with Gasteiger partial charge < -0.3 is 10.1 Å². The molecule has 1 unspecified atom stereocenters. The van der Waals surface area contributed by atoms with Crippen LogP contribution in [0.25, 0.3) is 0 Å². The molecule has 0 aromatic rings. The average Bonchev–Trinajstić information content (AvgIpc) is 2.72. The van der Waals surface area contributed by atoms with Crippen LogP contribution in [0.1, 0.15) is 51.4 Å². The first-order valence-electron chi connectivity index (χ1n) is 7.54. The van der Waals surface area contributed by atoms with E-state index < -0.39 is 5.41 Å². The number of ether oxygens (including phenoxy) is 1. The summed E-state index contributed by atoms with van der Waals surface area (Å²) in [5.74, 6) is 0.363. The summed E-state index contributed by atoms with van der Waals surface area (Å²) in [5.41, 5.74) is -0.772. The predicted molar refractivity (Wildman–Crippen MR) is 72.3 cm³/mol. The van der Waals surface area contributed by atoms with Crippen molar-refractivity contribution in [1.82, 2.24) is 5.32 Å². The van der Waals surface area contributed by atoms with Crippen LogP contribution in [0, 0.1) is 22.7 Å². The summed E-state index contributed by atoms with van der Waals surface area (Å²) >= 11 is 0. The molecule has 1 heterocycles. The number of nitrogens with zero attached hydrogens (tertiary/aromatic N) is 1. The van der Waals surface area contributed by atoms with Gasteiger partial charge in [-0.25, -0.2) is 0 Å². The van der Waals surface area contributed by atoms with E-state index in [1.807, 2.05) is 0 Å². The number of nitriles is 1. The van der Waals surface area contributed by atoms with Gasteiger partial charge in [0.25, 0.3) is 0 Å². The van der Waals surface area contributed by atoms with Crippen LogP contribution in [-0.4, -0.2) is 25.7 Å². The molecule has 1 saturated heterocycles. The van der Waals surface area contributed by atoms with Crippen molar-refractivity contribution >= 4 is 5.91 Å². The van der Waals surface area contributed by atoms with Crippen molar-refractivity contribution in [2.75, 3.05) is 19.8 Å². The van der Waals surface area contributed by atoms with Gasteiger partial charge in [0.05, 0.1) is 12.7 Å². The van der Waals surface area contributed by atoms with Crippen molar-refractivity contribution in [3.05, 3.63) is 0 Å². The lowest BCUT2D eigenvalue weighted by Gasteiger charge is -2.27. The van der Waals surface area contributed by atoms with Crippen LogP contribution in [0.3, 0.4) is 0 Å². The van der Waals surface area contributed by atoms with Crippen LogP contribution in [0.5, 0.6) is 0 Å². The first kappa shape index (κ1) is 14.3. The summed E-state index contributed by atoms with van der Waals surface area (Å²) in [6.45, 7) is 2.23. The minimum atomic E-state index is -0.772. The molecule has 1 atom stereocenters. The topological polar surface area (TPSA) is 62.1 Å². The summed E-state index contributed by atoms with van der Waals surface area (Å²) in [5, 5.41) is 12.4. The van der Waals surface area contributed by atoms with E-state index in [0.29, 0.717) is 12.5 Å². The fourth-order valence-corrected chi connectivity index (χ4v) is 3.10. The molecule has 0 aromatic carbocycles. The van der Waals surface area contributed by atoms with Crippen molar-refractivity contribution in [1.29, 1.82) is 5.26 Å². The van der Waals surface area contributed by atoms with Gasteiger partial charge in [-0.2, -0.15) is 5.26 Å². The Bertz CT molecular complexity index is 335. The van der Waals surface area contributed by atoms with Gasteiger partial charge in [0.2, 0.25) is 5.91 Å². The molecule has 1 saturated carbocycles. The molecule has 1 N–H and O–H groups in total. The van der Waals surface area contributed by atoms with Gasteiger partial charge >= 0.3 is 0 Å². The quantitative estimate of drug-likeness (QED) is 0.796. The highest BCUT2D eigenvalue weighted by molar-refractivity contribution is 5.85. The lowest BCUT2D eigenvalue weighted by Crippen LogP contribution is -2.43. The van der Waals surface area contributed by atoms with Crippen molar-refractivity contribution < 1.29 is 9.53 Å². The SMILES string of the molecule is N#CC1(C(=O)NCC2CCCOC2)CCCCCC1. The Balaban J connectivity index is 1.87. The minimum Gasteiger partial charge on any atom is -0.381 e. The van der Waals surface area contributed by atoms with Gasteiger partial charge in [-0.3, -0.25) is 4.79 Å². The summed E-state index contributed by atoms with van der Waals surface area (Å²) in [6, 6.07) is 2.30. The molecule has 2 aliphatic rings. The van der Waals surface area contributed by atoms with Gasteiger partial charge in [-0.15, -0.1) is 0 Å². The van der Waals surface area contributed by atoms with Crippen LogP contribution in [-0.2, 0) is 9.53 Å². The van der Waals surface area contributed by atoms with Crippen molar-refractivity contribution in [3.8, 4) is 6.07 Å². The van der Waals surface area contributed by atoms with E-state index in [4.69, 9.17) is 4.74 Å². The van der Waals surface area contributed by atoms with Crippen molar-refractivity contribution in [3.63, 3.8) is 0 Å². The van der Waals surface area contributed by atoms with E-state index in [0.717, 1.165) is 64.6 Å². The molecular formula is C15H24N2O2. The van der Waals surface area contributed by atoms with Gasteiger partial charge in [-0.1, -0.05) is 25.7 Å². The zero-order valence-electron chi connectivity index (χ0n) is 11.6. The third-order valence-electron chi connectivity index (χ3n) is 4.41. The van der Waals surface area contributed by atoms with Crippen LogP contribution < -0.4 is 5.32 Å². The summed E-state index contributed by atoms with van der Waals surface area (Å²) in [4.78, 5) is 12.4. The Morgan fingerprint density at radius 1 is 1.26 bits per heavy atom. The fraction of sp³-hybridized carbons (Fsp3) is 0.867. The zero-order valence-corrected chi connectivity index (χ0v) is 11.6. The molecule has 4 nitrogen and oxygen atoms in total. The standard InChI is InChI=1S/C15H24N2O2/c16-12-15(7-3-1-2-4-8-15)14(18)17-10-13-6-5-9-19-11-13/h13H,1-11H2,(H,17,18). The molecule has 1 aliphatic carbocycles. The maximum atomic E-state index is 12.4. The Hall–Kier alpha value is -1.08. The second-order valence-electron chi connectivity index (χ2n) is 5.90. The first-order chi connectivity index (χ1) is 9.27. The second-order valence-corrected chi connectivity index (χ2v) is 5.90. The minimum absolute atomic E-state index is 0.0533.